The number of hydrogen-bond acceptors (Lipinski definition) is 5. The van der Waals surface area contributed by atoms with Crippen LogP contribution in [-0.2, 0) is 10.0 Å². The summed E-state index contributed by atoms with van der Waals surface area (Å²) in [6.07, 6.45) is 0. The van der Waals surface area contributed by atoms with Crippen molar-refractivity contribution in [2.75, 3.05) is 16.6 Å². The third-order valence-electron chi connectivity index (χ3n) is 4.67. The molecule has 0 unspecified atom stereocenters. The minimum absolute atomic E-state index is 0.0312. The van der Waals surface area contributed by atoms with Crippen molar-refractivity contribution in [1.29, 1.82) is 0 Å². The Bertz CT molecular complexity index is 1490. The van der Waals surface area contributed by atoms with Crippen LogP contribution >= 0.6 is 11.6 Å². The van der Waals surface area contributed by atoms with Gasteiger partial charge in [0.15, 0.2) is 0 Å². The Balaban J connectivity index is 1.56. The van der Waals surface area contributed by atoms with Crippen molar-refractivity contribution in [2.24, 2.45) is 0 Å². The van der Waals surface area contributed by atoms with Crippen molar-refractivity contribution in [1.82, 2.24) is 9.97 Å². The van der Waals surface area contributed by atoms with Crippen molar-refractivity contribution < 1.29 is 17.9 Å². The highest BCUT2D eigenvalue weighted by molar-refractivity contribution is 7.92. The maximum atomic E-state index is 12.9. The lowest BCUT2D eigenvalue weighted by atomic mass is 10.2. The maximum Gasteiger partial charge on any atom is 0.323 e. The standard InChI is InChI=1S/C22H19ClN4O5S/c1-2-32-16-7-4-14(5-8-16)27-33(30,31)20-11-13(3-9-17(20)23)21(28)24-15-6-10-18-19(12-15)26-22(29)25-18/h3-12,27H,2H2,1H3,(H,24,28)(H2,25,26,29). The molecule has 0 bridgehead atoms. The van der Waals surface area contributed by atoms with Crippen LogP contribution in [0, 0.1) is 0 Å². The van der Waals surface area contributed by atoms with E-state index in [-0.39, 0.29) is 21.2 Å². The number of aromatic nitrogens is 2. The molecule has 4 rings (SSSR count). The van der Waals surface area contributed by atoms with Gasteiger partial charge in [-0.3, -0.25) is 9.52 Å². The number of benzene rings is 3. The van der Waals surface area contributed by atoms with Crippen LogP contribution in [0.25, 0.3) is 11.0 Å². The Kier molecular flexibility index (Phi) is 6.12. The molecule has 9 nitrogen and oxygen atoms in total. The van der Waals surface area contributed by atoms with E-state index >= 15 is 0 Å². The molecule has 33 heavy (non-hydrogen) atoms. The number of carbonyl (C=O) groups is 1. The predicted molar refractivity (Wildman–Crippen MR) is 127 cm³/mol. The second-order valence-electron chi connectivity index (χ2n) is 7.00. The number of aromatic amines is 2. The topological polar surface area (TPSA) is 133 Å². The molecule has 0 radical (unpaired) electrons. The average Bonchev–Trinajstić information content (AvgIpc) is 3.14. The number of ether oxygens (including phenoxy) is 1. The van der Waals surface area contributed by atoms with Gasteiger partial charge in [0.2, 0.25) is 0 Å². The highest BCUT2D eigenvalue weighted by atomic mass is 35.5. The van der Waals surface area contributed by atoms with Crippen molar-refractivity contribution in [3.05, 3.63) is 81.7 Å². The van der Waals surface area contributed by atoms with Gasteiger partial charge in [0.1, 0.15) is 10.6 Å². The monoisotopic (exact) mass is 486 g/mol. The van der Waals surface area contributed by atoms with E-state index < -0.39 is 15.9 Å². The van der Waals surface area contributed by atoms with E-state index in [9.17, 15) is 18.0 Å². The Labute approximate surface area is 193 Å². The number of nitrogens with one attached hydrogen (secondary N) is 4. The Hall–Kier alpha value is -3.76. The number of H-pyrrole nitrogens is 2. The molecule has 1 aromatic heterocycles. The molecule has 0 saturated heterocycles. The fourth-order valence-corrected chi connectivity index (χ4v) is 4.75. The van der Waals surface area contributed by atoms with Gasteiger partial charge in [-0.1, -0.05) is 11.6 Å². The fraction of sp³-hybridized carbons (Fsp3) is 0.0909. The summed E-state index contributed by atoms with van der Waals surface area (Å²) < 4.78 is 33.6. The lowest BCUT2D eigenvalue weighted by molar-refractivity contribution is 0.102. The van der Waals surface area contributed by atoms with E-state index in [1.807, 2.05) is 6.92 Å². The van der Waals surface area contributed by atoms with Crippen LogP contribution in [-0.4, -0.2) is 30.9 Å². The molecule has 0 aliphatic heterocycles. The van der Waals surface area contributed by atoms with Gasteiger partial charge < -0.3 is 20.0 Å². The molecule has 0 spiro atoms. The molecule has 1 amide bonds. The van der Waals surface area contributed by atoms with Crippen LogP contribution in [0.15, 0.2) is 70.4 Å². The molecule has 0 saturated carbocycles. The molecule has 170 valence electrons. The minimum atomic E-state index is -4.07. The molecule has 3 aromatic carbocycles. The number of rotatable bonds is 7. The first-order valence-electron chi connectivity index (χ1n) is 9.84. The van der Waals surface area contributed by atoms with Gasteiger partial charge in [-0.15, -0.1) is 0 Å². The number of imidazole rings is 1. The lowest BCUT2D eigenvalue weighted by Crippen LogP contribution is -2.16. The minimum Gasteiger partial charge on any atom is -0.494 e. The van der Waals surface area contributed by atoms with Crippen molar-refractivity contribution in [3.8, 4) is 5.75 Å². The van der Waals surface area contributed by atoms with Gasteiger partial charge in [0.05, 0.1) is 22.7 Å². The van der Waals surface area contributed by atoms with Gasteiger partial charge in [-0.2, -0.15) is 0 Å². The van der Waals surface area contributed by atoms with E-state index in [1.54, 1.807) is 42.5 Å². The van der Waals surface area contributed by atoms with Gasteiger partial charge in [0.25, 0.3) is 15.9 Å². The molecule has 11 heteroatoms. The molecule has 0 aliphatic rings. The first-order valence-corrected chi connectivity index (χ1v) is 11.7. The normalized spacial score (nSPS) is 11.3. The number of hydrogen-bond donors (Lipinski definition) is 4. The maximum absolute atomic E-state index is 12.9. The summed E-state index contributed by atoms with van der Waals surface area (Å²) in [7, 11) is -4.07. The van der Waals surface area contributed by atoms with E-state index in [0.29, 0.717) is 34.8 Å². The van der Waals surface area contributed by atoms with E-state index in [1.165, 1.54) is 18.2 Å². The van der Waals surface area contributed by atoms with E-state index in [4.69, 9.17) is 16.3 Å². The van der Waals surface area contributed by atoms with Gasteiger partial charge in [-0.25, -0.2) is 13.2 Å². The fourth-order valence-electron chi connectivity index (χ4n) is 3.16. The second-order valence-corrected chi connectivity index (χ2v) is 9.06. The summed E-state index contributed by atoms with van der Waals surface area (Å²) in [5, 5.41) is 2.65. The summed E-state index contributed by atoms with van der Waals surface area (Å²) in [5.41, 5.74) is 1.60. The highest BCUT2D eigenvalue weighted by Gasteiger charge is 2.21. The number of fused-ring (bicyclic) bond motifs is 1. The first-order chi connectivity index (χ1) is 15.7. The third kappa shape index (κ3) is 5.02. The number of sulfonamides is 1. The van der Waals surface area contributed by atoms with Crippen LogP contribution in [0.5, 0.6) is 5.75 Å². The summed E-state index contributed by atoms with van der Waals surface area (Å²) in [6.45, 7) is 2.34. The molecule has 1 heterocycles. The number of anilines is 2. The predicted octanol–water partition coefficient (Wildman–Crippen LogP) is 3.96. The van der Waals surface area contributed by atoms with E-state index in [0.717, 1.165) is 0 Å². The Morgan fingerprint density at radius 2 is 1.67 bits per heavy atom. The van der Waals surface area contributed by atoms with Crippen molar-refractivity contribution in [3.63, 3.8) is 0 Å². The van der Waals surface area contributed by atoms with Crippen LogP contribution < -0.4 is 20.5 Å². The molecular formula is C22H19ClN4O5S. The van der Waals surface area contributed by atoms with Gasteiger partial charge >= 0.3 is 5.69 Å². The number of amides is 1. The summed E-state index contributed by atoms with van der Waals surface area (Å²) in [5.74, 6) is 0.0699. The quantitative estimate of drug-likeness (QED) is 0.314. The molecule has 4 N–H and O–H groups in total. The van der Waals surface area contributed by atoms with Crippen LogP contribution in [0.4, 0.5) is 11.4 Å². The Morgan fingerprint density at radius 1 is 0.970 bits per heavy atom. The van der Waals surface area contributed by atoms with Crippen LogP contribution in [0.3, 0.4) is 0 Å². The molecule has 0 atom stereocenters. The van der Waals surface area contributed by atoms with Crippen molar-refractivity contribution >= 4 is 49.9 Å². The Morgan fingerprint density at radius 3 is 2.39 bits per heavy atom. The molecule has 0 fully saturated rings. The highest BCUT2D eigenvalue weighted by Crippen LogP contribution is 2.26. The van der Waals surface area contributed by atoms with Crippen molar-refractivity contribution in [2.45, 2.75) is 11.8 Å². The zero-order valence-electron chi connectivity index (χ0n) is 17.3. The van der Waals surface area contributed by atoms with Gasteiger partial charge in [0, 0.05) is 16.9 Å². The molecule has 4 aromatic rings. The van der Waals surface area contributed by atoms with Crippen LogP contribution in [0.1, 0.15) is 17.3 Å². The SMILES string of the molecule is CCOc1ccc(NS(=O)(=O)c2cc(C(=O)Nc3ccc4[nH]c(=O)[nH]c4c3)ccc2Cl)cc1. The number of halogens is 1. The van der Waals surface area contributed by atoms with Gasteiger partial charge in [-0.05, 0) is 67.6 Å². The third-order valence-corrected chi connectivity index (χ3v) is 6.54. The molecular weight excluding hydrogens is 468 g/mol. The summed E-state index contributed by atoms with van der Waals surface area (Å²) in [6, 6.07) is 15.2. The largest absolute Gasteiger partial charge is 0.494 e. The first kappa shape index (κ1) is 22.4. The zero-order valence-corrected chi connectivity index (χ0v) is 18.9. The summed E-state index contributed by atoms with van der Waals surface area (Å²) in [4.78, 5) is 29.1. The van der Waals surface area contributed by atoms with E-state index in [2.05, 4.69) is 20.0 Å². The molecule has 0 aliphatic carbocycles. The lowest BCUT2D eigenvalue weighted by Gasteiger charge is -2.12. The summed E-state index contributed by atoms with van der Waals surface area (Å²) >= 11 is 6.14. The van der Waals surface area contributed by atoms with Crippen LogP contribution in [0.2, 0.25) is 5.02 Å². The number of carbonyl (C=O) groups excluding carboxylic acids is 1. The average molecular weight is 487 g/mol. The zero-order chi connectivity index (χ0) is 23.6. The second kappa shape index (κ2) is 9.00. The smallest absolute Gasteiger partial charge is 0.323 e.